The zero-order valence-electron chi connectivity index (χ0n) is 8.73. The van der Waals surface area contributed by atoms with E-state index in [4.69, 9.17) is 0 Å². The largest absolute Gasteiger partial charge is 0.324 e. The van der Waals surface area contributed by atoms with Crippen LogP contribution in [0.5, 0.6) is 0 Å². The van der Waals surface area contributed by atoms with E-state index in [1.807, 2.05) is 6.92 Å². The summed E-state index contributed by atoms with van der Waals surface area (Å²) in [5.41, 5.74) is 0.123. The van der Waals surface area contributed by atoms with Crippen molar-refractivity contribution >= 4 is 11.6 Å². The van der Waals surface area contributed by atoms with E-state index < -0.39 is 11.6 Å². The Kier molecular flexibility index (Phi) is 3.77. The van der Waals surface area contributed by atoms with Gasteiger partial charge in [0.15, 0.2) is 0 Å². The Morgan fingerprint density at radius 1 is 1.33 bits per heavy atom. The maximum absolute atomic E-state index is 13.2. The molecule has 0 unspecified atom stereocenters. The number of aryl methyl sites for hydroxylation is 1. The van der Waals surface area contributed by atoms with Crippen molar-refractivity contribution in [3.05, 3.63) is 29.3 Å². The second-order valence-corrected chi connectivity index (χ2v) is 3.38. The average molecular weight is 213 g/mol. The van der Waals surface area contributed by atoms with Gasteiger partial charge in [0, 0.05) is 12.5 Å². The van der Waals surface area contributed by atoms with Gasteiger partial charge in [-0.1, -0.05) is 6.92 Å². The lowest BCUT2D eigenvalue weighted by molar-refractivity contribution is -0.116. The van der Waals surface area contributed by atoms with E-state index in [9.17, 15) is 13.6 Å². The molecule has 0 aromatic heterocycles. The van der Waals surface area contributed by atoms with Crippen molar-refractivity contribution in [2.45, 2.75) is 26.7 Å². The monoisotopic (exact) mass is 213 g/mol. The van der Waals surface area contributed by atoms with Gasteiger partial charge in [0.2, 0.25) is 5.91 Å². The molecule has 0 saturated heterocycles. The number of anilines is 1. The summed E-state index contributed by atoms with van der Waals surface area (Å²) in [5, 5.41) is 2.33. The molecule has 1 aromatic carbocycles. The maximum Gasteiger partial charge on any atom is 0.224 e. The predicted molar refractivity (Wildman–Crippen MR) is 54.6 cm³/mol. The van der Waals surface area contributed by atoms with E-state index >= 15 is 0 Å². The van der Waals surface area contributed by atoms with Gasteiger partial charge >= 0.3 is 0 Å². The fourth-order valence-corrected chi connectivity index (χ4v) is 1.18. The van der Waals surface area contributed by atoms with Crippen LogP contribution in [0.25, 0.3) is 0 Å². The molecule has 0 heterocycles. The molecule has 0 aliphatic heterocycles. The number of hydrogen-bond acceptors (Lipinski definition) is 1. The molecule has 4 heteroatoms. The third kappa shape index (κ3) is 3.01. The number of hydrogen-bond donors (Lipinski definition) is 1. The molecule has 2 nitrogen and oxygen atoms in total. The molecule has 0 saturated carbocycles. The fourth-order valence-electron chi connectivity index (χ4n) is 1.18. The summed E-state index contributed by atoms with van der Waals surface area (Å²) < 4.78 is 26.3. The summed E-state index contributed by atoms with van der Waals surface area (Å²) >= 11 is 0. The summed E-state index contributed by atoms with van der Waals surface area (Å²) in [6.07, 6.45) is 0.969. The first-order valence-corrected chi connectivity index (χ1v) is 4.80. The van der Waals surface area contributed by atoms with Gasteiger partial charge in [-0.25, -0.2) is 8.78 Å². The SMILES string of the molecule is CCCC(=O)Nc1cc(F)c(C)cc1F. The van der Waals surface area contributed by atoms with Crippen LogP contribution in [0.4, 0.5) is 14.5 Å². The molecule has 1 amide bonds. The number of benzene rings is 1. The van der Waals surface area contributed by atoms with Crippen LogP contribution < -0.4 is 5.32 Å². The highest BCUT2D eigenvalue weighted by Crippen LogP contribution is 2.18. The molecule has 0 atom stereocenters. The van der Waals surface area contributed by atoms with Gasteiger partial charge in [0.1, 0.15) is 11.6 Å². The van der Waals surface area contributed by atoms with Crippen LogP contribution in [-0.2, 0) is 4.79 Å². The maximum atomic E-state index is 13.2. The Morgan fingerprint density at radius 2 is 2.00 bits per heavy atom. The van der Waals surface area contributed by atoms with Crippen LogP contribution in [0, 0.1) is 18.6 Å². The van der Waals surface area contributed by atoms with Gasteiger partial charge in [-0.15, -0.1) is 0 Å². The lowest BCUT2D eigenvalue weighted by Gasteiger charge is -2.07. The van der Waals surface area contributed by atoms with Crippen LogP contribution in [0.2, 0.25) is 0 Å². The lowest BCUT2D eigenvalue weighted by atomic mass is 10.2. The molecular formula is C11H13F2NO. The van der Waals surface area contributed by atoms with Gasteiger partial charge in [-0.2, -0.15) is 0 Å². The molecule has 0 aliphatic rings. The minimum absolute atomic E-state index is 0.100. The van der Waals surface area contributed by atoms with Gasteiger partial charge in [0.25, 0.3) is 0 Å². The van der Waals surface area contributed by atoms with Gasteiger partial charge < -0.3 is 5.32 Å². The first-order valence-electron chi connectivity index (χ1n) is 4.80. The second kappa shape index (κ2) is 4.87. The number of carbonyl (C=O) groups is 1. The van der Waals surface area contributed by atoms with Crippen LogP contribution in [0.1, 0.15) is 25.3 Å². The Hall–Kier alpha value is -1.45. The fraction of sp³-hybridized carbons (Fsp3) is 0.364. The highest BCUT2D eigenvalue weighted by Gasteiger charge is 2.09. The van der Waals surface area contributed by atoms with E-state index in [0.717, 1.165) is 12.1 Å². The Bertz CT molecular complexity index is 377. The van der Waals surface area contributed by atoms with E-state index in [2.05, 4.69) is 5.32 Å². The molecule has 82 valence electrons. The Morgan fingerprint density at radius 3 is 2.60 bits per heavy atom. The minimum Gasteiger partial charge on any atom is -0.324 e. The van der Waals surface area contributed by atoms with Crippen molar-refractivity contribution in [1.29, 1.82) is 0 Å². The molecule has 1 aromatic rings. The van der Waals surface area contributed by atoms with E-state index in [0.29, 0.717) is 12.8 Å². The number of halogens is 2. The predicted octanol–water partition coefficient (Wildman–Crippen LogP) is 3.01. The van der Waals surface area contributed by atoms with E-state index in [1.54, 1.807) is 0 Å². The van der Waals surface area contributed by atoms with Crippen molar-refractivity contribution in [1.82, 2.24) is 0 Å². The van der Waals surface area contributed by atoms with Gasteiger partial charge in [-0.3, -0.25) is 4.79 Å². The molecular weight excluding hydrogens is 200 g/mol. The van der Waals surface area contributed by atoms with Gasteiger partial charge in [0.05, 0.1) is 5.69 Å². The number of rotatable bonds is 3. The summed E-state index contributed by atoms with van der Waals surface area (Å²) in [4.78, 5) is 11.2. The van der Waals surface area contributed by atoms with Crippen LogP contribution in [-0.4, -0.2) is 5.91 Å². The third-order valence-corrected chi connectivity index (χ3v) is 2.00. The van der Waals surface area contributed by atoms with E-state index in [1.165, 1.54) is 6.92 Å². The van der Waals surface area contributed by atoms with Crippen molar-refractivity contribution in [3.63, 3.8) is 0 Å². The van der Waals surface area contributed by atoms with Gasteiger partial charge in [-0.05, 0) is 25.0 Å². The number of carbonyl (C=O) groups excluding carboxylic acids is 1. The first kappa shape index (κ1) is 11.6. The molecule has 0 fully saturated rings. The smallest absolute Gasteiger partial charge is 0.224 e. The van der Waals surface area contributed by atoms with Crippen molar-refractivity contribution in [2.24, 2.45) is 0 Å². The van der Waals surface area contributed by atoms with E-state index in [-0.39, 0.29) is 17.2 Å². The summed E-state index contributed by atoms with van der Waals surface area (Å²) in [6.45, 7) is 3.31. The molecule has 1 N–H and O–H groups in total. The standard InChI is InChI=1S/C11H13F2NO/c1-3-4-11(15)14-10-6-8(12)7(2)5-9(10)13/h5-6H,3-4H2,1-2H3,(H,14,15). The average Bonchev–Trinajstić information content (AvgIpc) is 2.14. The molecule has 0 aliphatic carbocycles. The third-order valence-electron chi connectivity index (χ3n) is 2.00. The Labute approximate surface area is 87.3 Å². The zero-order valence-corrected chi connectivity index (χ0v) is 8.73. The normalized spacial score (nSPS) is 10.1. The van der Waals surface area contributed by atoms with Crippen molar-refractivity contribution in [2.75, 3.05) is 5.32 Å². The van der Waals surface area contributed by atoms with Crippen LogP contribution in [0.15, 0.2) is 12.1 Å². The van der Waals surface area contributed by atoms with Crippen LogP contribution >= 0.6 is 0 Å². The van der Waals surface area contributed by atoms with Crippen molar-refractivity contribution < 1.29 is 13.6 Å². The summed E-state index contributed by atoms with van der Waals surface area (Å²) in [5.74, 6) is -1.44. The second-order valence-electron chi connectivity index (χ2n) is 3.38. The molecule has 1 rings (SSSR count). The minimum atomic E-state index is -0.613. The molecule has 15 heavy (non-hydrogen) atoms. The summed E-state index contributed by atoms with van der Waals surface area (Å²) in [7, 11) is 0. The quantitative estimate of drug-likeness (QED) is 0.821. The number of amides is 1. The van der Waals surface area contributed by atoms with Crippen LogP contribution in [0.3, 0.4) is 0 Å². The molecule has 0 radical (unpaired) electrons. The number of nitrogens with one attached hydrogen (secondary N) is 1. The zero-order chi connectivity index (χ0) is 11.4. The Balaban J connectivity index is 2.86. The lowest BCUT2D eigenvalue weighted by Crippen LogP contribution is -2.12. The highest BCUT2D eigenvalue weighted by atomic mass is 19.1. The molecule has 0 spiro atoms. The topological polar surface area (TPSA) is 29.1 Å². The first-order chi connectivity index (χ1) is 7.04. The van der Waals surface area contributed by atoms with Crippen molar-refractivity contribution in [3.8, 4) is 0 Å². The highest BCUT2D eigenvalue weighted by molar-refractivity contribution is 5.90. The summed E-state index contributed by atoms with van der Waals surface area (Å²) in [6, 6.07) is 2.06. The molecule has 0 bridgehead atoms.